The van der Waals surface area contributed by atoms with E-state index in [9.17, 15) is 4.79 Å². The summed E-state index contributed by atoms with van der Waals surface area (Å²) in [7, 11) is 0. The fraction of sp³-hybridized carbons (Fsp3) is 0.125. The van der Waals surface area contributed by atoms with Crippen LogP contribution in [-0.4, -0.2) is 6.03 Å². The first-order valence-corrected chi connectivity index (χ1v) is 3.56. The van der Waals surface area contributed by atoms with Crippen molar-refractivity contribution in [3.8, 4) is 0 Å². The molecule has 12 heavy (non-hydrogen) atoms. The van der Waals surface area contributed by atoms with Gasteiger partial charge in [0.15, 0.2) is 0 Å². The summed E-state index contributed by atoms with van der Waals surface area (Å²) in [6.07, 6.45) is 0. The molecule has 0 atom stereocenters. The van der Waals surface area contributed by atoms with Gasteiger partial charge < -0.3 is 16.8 Å². The van der Waals surface area contributed by atoms with Gasteiger partial charge in [0.2, 0.25) is 0 Å². The summed E-state index contributed by atoms with van der Waals surface area (Å²) in [5.41, 5.74) is 12.0. The molecule has 0 unspecified atom stereocenters. The lowest BCUT2D eigenvalue weighted by molar-refractivity contribution is 0.248. The maximum absolute atomic E-state index is 10.3. The summed E-state index contributed by atoms with van der Waals surface area (Å²) < 4.78 is 0. The average Bonchev–Trinajstić information content (AvgIpc) is 2.03. The highest BCUT2D eigenvalue weighted by molar-refractivity contribution is 5.71. The molecule has 0 spiro atoms. The molecule has 0 aliphatic rings. The van der Waals surface area contributed by atoms with Crippen LogP contribution in [0.3, 0.4) is 0 Å². The Morgan fingerprint density at radius 2 is 1.92 bits per heavy atom. The molecule has 0 aromatic heterocycles. The summed E-state index contributed by atoms with van der Waals surface area (Å²) in [6.45, 7) is 0.440. The van der Waals surface area contributed by atoms with Crippen LogP contribution in [0, 0.1) is 0 Å². The van der Waals surface area contributed by atoms with Gasteiger partial charge in [0.1, 0.15) is 0 Å². The zero-order valence-corrected chi connectivity index (χ0v) is 6.58. The van der Waals surface area contributed by atoms with Crippen molar-refractivity contribution < 1.29 is 4.79 Å². The number of amides is 2. The molecule has 5 N–H and O–H groups in total. The van der Waals surface area contributed by atoms with E-state index in [0.717, 1.165) is 5.56 Å². The van der Waals surface area contributed by atoms with Crippen LogP contribution in [0.5, 0.6) is 0 Å². The van der Waals surface area contributed by atoms with Crippen LogP contribution < -0.4 is 16.8 Å². The number of hydrogen-bond donors (Lipinski definition) is 3. The smallest absolute Gasteiger partial charge is 0.312 e. The molecular weight excluding hydrogens is 154 g/mol. The SMILES string of the molecule is NC(=O)NCc1ccc(N)cc1. The van der Waals surface area contributed by atoms with Gasteiger partial charge in [0.25, 0.3) is 0 Å². The van der Waals surface area contributed by atoms with Crippen molar-refractivity contribution in [2.75, 3.05) is 5.73 Å². The number of nitrogens with two attached hydrogens (primary N) is 2. The van der Waals surface area contributed by atoms with Crippen molar-refractivity contribution in [2.24, 2.45) is 5.73 Å². The first-order valence-electron chi connectivity index (χ1n) is 3.56. The standard InChI is InChI=1S/C8H11N3O/c9-7-3-1-6(2-4-7)5-11-8(10)12/h1-4H,5,9H2,(H3,10,11,12). The zero-order valence-electron chi connectivity index (χ0n) is 6.58. The van der Waals surface area contributed by atoms with E-state index in [0.29, 0.717) is 12.2 Å². The third-order valence-electron chi connectivity index (χ3n) is 1.45. The fourth-order valence-electron chi connectivity index (χ4n) is 0.825. The van der Waals surface area contributed by atoms with E-state index in [-0.39, 0.29) is 0 Å². The van der Waals surface area contributed by atoms with Crippen LogP contribution in [0.2, 0.25) is 0 Å². The maximum Gasteiger partial charge on any atom is 0.312 e. The molecule has 4 heteroatoms. The van der Waals surface area contributed by atoms with Gasteiger partial charge in [-0.25, -0.2) is 4.79 Å². The maximum atomic E-state index is 10.3. The van der Waals surface area contributed by atoms with Crippen molar-refractivity contribution in [3.63, 3.8) is 0 Å². The Kier molecular flexibility index (Phi) is 2.53. The van der Waals surface area contributed by atoms with E-state index in [1.165, 1.54) is 0 Å². The lowest BCUT2D eigenvalue weighted by Crippen LogP contribution is -2.28. The van der Waals surface area contributed by atoms with E-state index < -0.39 is 6.03 Å². The fourth-order valence-corrected chi connectivity index (χ4v) is 0.825. The molecule has 0 saturated heterocycles. The molecule has 1 rings (SSSR count). The largest absolute Gasteiger partial charge is 0.399 e. The summed E-state index contributed by atoms with van der Waals surface area (Å²) in [5.74, 6) is 0. The van der Waals surface area contributed by atoms with Crippen LogP contribution in [0.1, 0.15) is 5.56 Å². The Balaban J connectivity index is 2.53. The quantitative estimate of drug-likeness (QED) is 0.556. The van der Waals surface area contributed by atoms with Crippen molar-refractivity contribution in [1.82, 2.24) is 5.32 Å². The Bertz CT molecular complexity index is 268. The zero-order chi connectivity index (χ0) is 8.97. The number of nitrogens with one attached hydrogen (secondary N) is 1. The Labute approximate surface area is 70.6 Å². The third-order valence-corrected chi connectivity index (χ3v) is 1.45. The molecule has 64 valence electrons. The second-order valence-corrected chi connectivity index (χ2v) is 2.46. The number of rotatable bonds is 2. The first-order chi connectivity index (χ1) is 5.68. The average molecular weight is 165 g/mol. The third kappa shape index (κ3) is 2.49. The highest BCUT2D eigenvalue weighted by Gasteiger charge is 1.93. The molecule has 1 aromatic rings. The second-order valence-electron chi connectivity index (χ2n) is 2.46. The molecule has 0 aliphatic carbocycles. The van der Waals surface area contributed by atoms with Gasteiger partial charge in [0, 0.05) is 12.2 Å². The van der Waals surface area contributed by atoms with Crippen LogP contribution in [0.15, 0.2) is 24.3 Å². The monoisotopic (exact) mass is 165 g/mol. The number of anilines is 1. The van der Waals surface area contributed by atoms with E-state index in [2.05, 4.69) is 5.32 Å². The van der Waals surface area contributed by atoms with Crippen LogP contribution >= 0.6 is 0 Å². The van der Waals surface area contributed by atoms with Gasteiger partial charge in [0.05, 0.1) is 0 Å². The van der Waals surface area contributed by atoms with Gasteiger partial charge in [-0.1, -0.05) is 12.1 Å². The van der Waals surface area contributed by atoms with Crippen LogP contribution in [-0.2, 0) is 6.54 Å². The molecule has 0 radical (unpaired) electrons. The normalized spacial score (nSPS) is 9.33. The first kappa shape index (κ1) is 8.39. The number of urea groups is 1. The Morgan fingerprint density at radius 1 is 1.33 bits per heavy atom. The number of carbonyl (C=O) groups excluding carboxylic acids is 1. The van der Waals surface area contributed by atoms with Crippen molar-refractivity contribution in [2.45, 2.75) is 6.54 Å². The highest BCUT2D eigenvalue weighted by atomic mass is 16.2. The van der Waals surface area contributed by atoms with Gasteiger partial charge in [-0.2, -0.15) is 0 Å². The Hall–Kier alpha value is -1.71. The van der Waals surface area contributed by atoms with Gasteiger partial charge in [-0.3, -0.25) is 0 Å². The van der Waals surface area contributed by atoms with E-state index in [1.54, 1.807) is 12.1 Å². The Morgan fingerprint density at radius 3 is 2.42 bits per heavy atom. The summed E-state index contributed by atoms with van der Waals surface area (Å²) in [5, 5.41) is 2.48. The van der Waals surface area contributed by atoms with Crippen molar-refractivity contribution in [3.05, 3.63) is 29.8 Å². The van der Waals surface area contributed by atoms with Crippen LogP contribution in [0.4, 0.5) is 10.5 Å². The predicted molar refractivity (Wildman–Crippen MR) is 47.3 cm³/mol. The molecule has 2 amide bonds. The number of hydrogen-bond acceptors (Lipinski definition) is 2. The van der Waals surface area contributed by atoms with Crippen LogP contribution in [0.25, 0.3) is 0 Å². The summed E-state index contributed by atoms with van der Waals surface area (Å²) in [6, 6.07) is 6.71. The van der Waals surface area contributed by atoms with E-state index in [4.69, 9.17) is 11.5 Å². The minimum Gasteiger partial charge on any atom is -0.399 e. The van der Waals surface area contributed by atoms with Gasteiger partial charge in [-0.15, -0.1) is 0 Å². The molecule has 0 bridgehead atoms. The van der Waals surface area contributed by atoms with Crippen molar-refractivity contribution in [1.29, 1.82) is 0 Å². The molecule has 4 nitrogen and oxygen atoms in total. The topological polar surface area (TPSA) is 81.1 Å². The lowest BCUT2D eigenvalue weighted by atomic mass is 10.2. The minimum absolute atomic E-state index is 0.440. The molecule has 0 saturated carbocycles. The summed E-state index contributed by atoms with van der Waals surface area (Å²) >= 11 is 0. The predicted octanol–water partition coefficient (Wildman–Crippen LogP) is 0.437. The number of carbonyl (C=O) groups is 1. The van der Waals surface area contributed by atoms with Gasteiger partial charge in [-0.05, 0) is 17.7 Å². The van der Waals surface area contributed by atoms with Crippen molar-refractivity contribution >= 4 is 11.7 Å². The number of nitrogen functional groups attached to an aromatic ring is 1. The molecular formula is C8H11N3O. The number of benzene rings is 1. The van der Waals surface area contributed by atoms with E-state index >= 15 is 0 Å². The lowest BCUT2D eigenvalue weighted by Gasteiger charge is -2.01. The summed E-state index contributed by atoms with van der Waals surface area (Å²) in [4.78, 5) is 10.3. The molecule has 0 heterocycles. The van der Waals surface area contributed by atoms with Gasteiger partial charge >= 0.3 is 6.03 Å². The second kappa shape index (κ2) is 3.61. The minimum atomic E-state index is -0.521. The molecule has 1 aromatic carbocycles. The number of primary amides is 1. The van der Waals surface area contributed by atoms with E-state index in [1.807, 2.05) is 12.1 Å². The molecule has 0 fully saturated rings. The molecule has 0 aliphatic heterocycles. The highest BCUT2D eigenvalue weighted by Crippen LogP contribution is 2.04.